The molecular weight excluding hydrogens is 452 g/mol. The van der Waals surface area contributed by atoms with E-state index >= 15 is 0 Å². The number of carbonyl (C=O) groups excluding carboxylic acids is 1. The van der Waals surface area contributed by atoms with Crippen LogP contribution in [0.2, 0.25) is 0 Å². The Balaban J connectivity index is 1.79. The first-order chi connectivity index (χ1) is 15.1. The highest BCUT2D eigenvalue weighted by Gasteiger charge is 2.35. The summed E-state index contributed by atoms with van der Waals surface area (Å²) in [5, 5.41) is 12.0. The molecule has 1 aromatic rings. The molecule has 2 saturated carbocycles. The second kappa shape index (κ2) is 10.5. The fourth-order valence-electron chi connectivity index (χ4n) is 4.76. The second-order valence-corrected chi connectivity index (χ2v) is 12.3. The Kier molecular flexibility index (Phi) is 8.16. The number of urea groups is 1. The quantitative estimate of drug-likeness (QED) is 0.603. The number of anilines is 1. The summed E-state index contributed by atoms with van der Waals surface area (Å²) in [5.74, 6) is -0.559. The third-order valence-corrected chi connectivity index (χ3v) is 10.0. The van der Waals surface area contributed by atoms with Gasteiger partial charge in [0.1, 0.15) is 6.54 Å². The SMILES string of the molecule is Cc1nc(NC(=O)N(C2CCCCC2)[C@H]2CC[C@H](C)CC2)sc1S(=O)(=O)N(C)CC(=O)O. The van der Waals surface area contributed by atoms with Crippen molar-refractivity contribution in [3.63, 3.8) is 0 Å². The number of nitrogens with one attached hydrogen (secondary N) is 1. The first kappa shape index (κ1) is 24.9. The van der Waals surface area contributed by atoms with Crippen LogP contribution in [0.15, 0.2) is 4.21 Å². The van der Waals surface area contributed by atoms with Crippen molar-refractivity contribution in [2.75, 3.05) is 18.9 Å². The van der Waals surface area contributed by atoms with Gasteiger partial charge in [-0.25, -0.2) is 18.2 Å². The zero-order valence-corrected chi connectivity index (χ0v) is 20.7. The first-order valence-corrected chi connectivity index (χ1v) is 13.6. The van der Waals surface area contributed by atoms with E-state index in [2.05, 4.69) is 17.2 Å². The Bertz CT molecular complexity index is 919. The molecule has 0 unspecified atom stereocenters. The molecule has 0 spiro atoms. The van der Waals surface area contributed by atoms with E-state index in [1.165, 1.54) is 13.5 Å². The number of thiazole rings is 1. The summed E-state index contributed by atoms with van der Waals surface area (Å²) < 4.78 is 26.2. The summed E-state index contributed by atoms with van der Waals surface area (Å²) in [5.41, 5.74) is 0.248. The van der Waals surface area contributed by atoms with Crippen molar-refractivity contribution < 1.29 is 23.1 Å². The van der Waals surface area contributed by atoms with Crippen LogP contribution in [-0.4, -0.2) is 65.4 Å². The van der Waals surface area contributed by atoms with Crippen molar-refractivity contribution in [2.24, 2.45) is 5.92 Å². The number of rotatable bonds is 7. The van der Waals surface area contributed by atoms with Gasteiger partial charge in [-0.3, -0.25) is 10.1 Å². The molecule has 3 rings (SSSR count). The van der Waals surface area contributed by atoms with Gasteiger partial charge in [0.2, 0.25) is 0 Å². The van der Waals surface area contributed by atoms with Gasteiger partial charge in [0, 0.05) is 19.1 Å². The molecule has 0 aromatic carbocycles. The number of amides is 2. The van der Waals surface area contributed by atoms with Gasteiger partial charge in [-0.15, -0.1) is 0 Å². The zero-order chi connectivity index (χ0) is 23.5. The minimum absolute atomic E-state index is 0.0488. The molecule has 32 heavy (non-hydrogen) atoms. The number of aliphatic carboxylic acids is 1. The number of likely N-dealkylation sites (N-methyl/N-ethyl adjacent to an activating group) is 1. The first-order valence-electron chi connectivity index (χ1n) is 11.3. The highest BCUT2D eigenvalue weighted by Crippen LogP contribution is 2.34. The highest BCUT2D eigenvalue weighted by atomic mass is 32.2. The number of aromatic nitrogens is 1. The van der Waals surface area contributed by atoms with Gasteiger partial charge >= 0.3 is 12.0 Å². The molecule has 2 aliphatic rings. The van der Waals surface area contributed by atoms with E-state index in [0.29, 0.717) is 5.92 Å². The van der Waals surface area contributed by atoms with Crippen LogP contribution in [0.1, 0.15) is 70.4 Å². The Morgan fingerprint density at radius 3 is 2.28 bits per heavy atom. The Morgan fingerprint density at radius 2 is 1.69 bits per heavy atom. The molecule has 0 aliphatic heterocycles. The van der Waals surface area contributed by atoms with E-state index in [1.54, 1.807) is 6.92 Å². The van der Waals surface area contributed by atoms with Crippen LogP contribution in [-0.2, 0) is 14.8 Å². The average molecular weight is 487 g/mol. The summed E-state index contributed by atoms with van der Waals surface area (Å²) in [6.45, 7) is 3.16. The maximum Gasteiger partial charge on any atom is 0.324 e. The topological polar surface area (TPSA) is 120 Å². The van der Waals surface area contributed by atoms with Crippen LogP contribution >= 0.6 is 11.3 Å². The maximum atomic E-state index is 13.4. The molecule has 1 heterocycles. The van der Waals surface area contributed by atoms with Crippen LogP contribution in [0, 0.1) is 12.8 Å². The summed E-state index contributed by atoms with van der Waals surface area (Å²) in [6.07, 6.45) is 9.61. The molecule has 2 fully saturated rings. The minimum atomic E-state index is -4.00. The van der Waals surface area contributed by atoms with Gasteiger partial charge in [0.15, 0.2) is 9.34 Å². The Hall–Kier alpha value is -1.72. The smallest absolute Gasteiger partial charge is 0.324 e. The van der Waals surface area contributed by atoms with Crippen molar-refractivity contribution in [1.82, 2.24) is 14.2 Å². The lowest BCUT2D eigenvalue weighted by Crippen LogP contribution is -2.51. The normalized spacial score (nSPS) is 22.6. The third-order valence-electron chi connectivity index (χ3n) is 6.55. The van der Waals surface area contributed by atoms with Gasteiger partial charge < -0.3 is 10.0 Å². The van der Waals surface area contributed by atoms with Crippen molar-refractivity contribution in [2.45, 2.75) is 87.9 Å². The predicted molar refractivity (Wildman–Crippen MR) is 123 cm³/mol. The van der Waals surface area contributed by atoms with Crippen molar-refractivity contribution in [1.29, 1.82) is 0 Å². The van der Waals surface area contributed by atoms with Crippen LogP contribution in [0.4, 0.5) is 9.93 Å². The number of nitrogens with zero attached hydrogens (tertiary/aromatic N) is 3. The van der Waals surface area contributed by atoms with Crippen molar-refractivity contribution in [3.8, 4) is 0 Å². The number of carbonyl (C=O) groups is 2. The van der Waals surface area contributed by atoms with Crippen LogP contribution in [0.5, 0.6) is 0 Å². The Labute approximate surface area is 194 Å². The molecule has 0 saturated heterocycles. The molecule has 180 valence electrons. The fourth-order valence-corrected chi connectivity index (χ4v) is 7.47. The summed E-state index contributed by atoms with van der Waals surface area (Å²) in [7, 11) is -2.79. The average Bonchev–Trinajstić information content (AvgIpc) is 3.10. The largest absolute Gasteiger partial charge is 0.480 e. The standard InChI is InChI=1S/C21H34N4O5S2/c1-14-9-11-17(12-10-14)25(16-7-5-4-6-8-16)21(28)23-20-22-15(2)19(31-20)32(29,30)24(3)13-18(26)27/h14,16-17H,4-13H2,1-3H3,(H,26,27)(H,22,23,28)/t14-,17-. The lowest BCUT2D eigenvalue weighted by Gasteiger charge is -2.42. The lowest BCUT2D eigenvalue weighted by molar-refractivity contribution is -0.137. The van der Waals surface area contributed by atoms with Gasteiger partial charge in [0.05, 0.1) is 5.69 Å². The molecular formula is C21H34N4O5S2. The van der Waals surface area contributed by atoms with Crippen molar-refractivity contribution >= 4 is 38.5 Å². The zero-order valence-electron chi connectivity index (χ0n) is 19.0. The molecule has 2 aliphatic carbocycles. The van der Waals surface area contributed by atoms with Gasteiger partial charge in [-0.2, -0.15) is 4.31 Å². The number of hydrogen-bond acceptors (Lipinski definition) is 6. The third kappa shape index (κ3) is 5.79. The molecule has 1 aromatic heterocycles. The van der Waals surface area contributed by atoms with E-state index in [0.717, 1.165) is 67.0 Å². The molecule has 2 N–H and O–H groups in total. The van der Waals surface area contributed by atoms with Crippen molar-refractivity contribution in [3.05, 3.63) is 5.69 Å². The molecule has 0 radical (unpaired) electrons. The molecule has 11 heteroatoms. The summed E-state index contributed by atoms with van der Waals surface area (Å²) >= 11 is 0.869. The number of carboxylic acids is 1. The molecule has 9 nitrogen and oxygen atoms in total. The molecule has 0 bridgehead atoms. The van der Waals surface area contributed by atoms with Crippen LogP contribution in [0.3, 0.4) is 0 Å². The number of hydrogen-bond donors (Lipinski definition) is 2. The molecule has 0 atom stereocenters. The maximum absolute atomic E-state index is 13.4. The predicted octanol–water partition coefficient (Wildman–Crippen LogP) is 3.90. The van der Waals surface area contributed by atoms with E-state index < -0.39 is 22.5 Å². The van der Waals surface area contributed by atoms with Gasteiger partial charge in [0.25, 0.3) is 10.0 Å². The number of aryl methyl sites for hydroxylation is 1. The van der Waals surface area contributed by atoms with E-state index in [1.807, 2.05) is 4.90 Å². The van der Waals surface area contributed by atoms with Gasteiger partial charge in [-0.1, -0.05) is 37.5 Å². The van der Waals surface area contributed by atoms with Crippen LogP contribution < -0.4 is 5.32 Å². The Morgan fingerprint density at radius 1 is 1.09 bits per heavy atom. The monoisotopic (exact) mass is 486 g/mol. The van der Waals surface area contributed by atoms with Gasteiger partial charge in [-0.05, 0) is 51.4 Å². The van der Waals surface area contributed by atoms with Crippen LogP contribution in [0.25, 0.3) is 0 Å². The molecule has 2 amide bonds. The summed E-state index contributed by atoms with van der Waals surface area (Å²) in [6, 6.07) is 0.182. The highest BCUT2D eigenvalue weighted by molar-refractivity contribution is 7.91. The number of carboxylic acid groups (broad SMARTS) is 1. The van der Waals surface area contributed by atoms with E-state index in [4.69, 9.17) is 5.11 Å². The van der Waals surface area contributed by atoms with E-state index in [-0.39, 0.29) is 33.1 Å². The minimum Gasteiger partial charge on any atom is -0.480 e. The second-order valence-electron chi connectivity index (χ2n) is 9.09. The number of sulfonamides is 1. The van der Waals surface area contributed by atoms with E-state index in [9.17, 15) is 18.0 Å². The lowest BCUT2D eigenvalue weighted by atomic mass is 9.84. The fraction of sp³-hybridized carbons (Fsp3) is 0.762. The summed E-state index contributed by atoms with van der Waals surface area (Å²) in [4.78, 5) is 30.6.